The van der Waals surface area contributed by atoms with Crippen molar-refractivity contribution in [2.24, 2.45) is 5.73 Å². The first-order valence-corrected chi connectivity index (χ1v) is 4.56. The van der Waals surface area contributed by atoms with E-state index in [1.165, 1.54) is 11.3 Å². The first-order chi connectivity index (χ1) is 5.11. The number of nitrogens with two attached hydrogens (primary N) is 1. The first kappa shape index (κ1) is 9.09. The lowest BCUT2D eigenvalue weighted by molar-refractivity contribution is 0.116. The van der Waals surface area contributed by atoms with Gasteiger partial charge in [-0.15, -0.1) is 11.3 Å². The first-order valence-electron chi connectivity index (χ1n) is 2.89. The van der Waals surface area contributed by atoms with Crippen LogP contribution in [0.25, 0.3) is 0 Å². The smallest absolute Gasteiger partial charge is 0.257 e. The molecule has 0 saturated heterocycles. The fourth-order valence-corrected chi connectivity index (χ4v) is 1.87. The number of rotatable bonds is 2. The normalized spacial score (nSPS) is 13.9. The molecule has 11 heavy (non-hydrogen) atoms. The zero-order valence-corrected chi connectivity index (χ0v) is 7.83. The van der Waals surface area contributed by atoms with Gasteiger partial charge in [-0.3, -0.25) is 0 Å². The molecule has 1 nitrogen and oxygen atoms in total. The highest BCUT2D eigenvalue weighted by Gasteiger charge is 2.18. The van der Waals surface area contributed by atoms with Gasteiger partial charge in [0.05, 0.1) is 9.83 Å². The summed E-state index contributed by atoms with van der Waals surface area (Å²) < 4.78 is 24.8. The molecule has 0 bridgehead atoms. The van der Waals surface area contributed by atoms with Gasteiger partial charge < -0.3 is 5.73 Å². The lowest BCUT2D eigenvalue weighted by Crippen LogP contribution is -2.17. The Morgan fingerprint density at radius 2 is 2.18 bits per heavy atom. The summed E-state index contributed by atoms with van der Waals surface area (Å²) >= 11 is 4.52. The van der Waals surface area contributed by atoms with Crippen LogP contribution in [0.3, 0.4) is 0 Å². The van der Waals surface area contributed by atoms with E-state index in [-0.39, 0.29) is 0 Å². The summed E-state index contributed by atoms with van der Waals surface area (Å²) in [4.78, 5) is 0. The van der Waals surface area contributed by atoms with E-state index in [9.17, 15) is 8.78 Å². The van der Waals surface area contributed by atoms with E-state index >= 15 is 0 Å². The maximum Gasteiger partial charge on any atom is 0.257 e. The average Bonchev–Trinajstić information content (AvgIpc) is 2.34. The largest absolute Gasteiger partial charge is 0.319 e. The molecule has 5 heteroatoms. The molecular formula is C6H6BrF2NS. The maximum atomic E-state index is 12.0. The summed E-state index contributed by atoms with van der Waals surface area (Å²) in [5, 5.41) is 1.63. The molecule has 0 saturated carbocycles. The van der Waals surface area contributed by atoms with Crippen LogP contribution in [0.15, 0.2) is 15.2 Å². The Morgan fingerprint density at radius 3 is 2.55 bits per heavy atom. The predicted molar refractivity (Wildman–Crippen MR) is 45.0 cm³/mol. The van der Waals surface area contributed by atoms with E-state index in [1.807, 2.05) is 0 Å². The van der Waals surface area contributed by atoms with Crippen molar-refractivity contribution in [1.82, 2.24) is 0 Å². The van der Waals surface area contributed by atoms with E-state index in [0.717, 1.165) is 3.79 Å². The van der Waals surface area contributed by atoms with Crippen molar-refractivity contribution in [3.8, 4) is 0 Å². The number of halogens is 3. The zero-order valence-electron chi connectivity index (χ0n) is 5.43. The second-order valence-corrected chi connectivity index (χ2v) is 4.33. The second-order valence-electron chi connectivity index (χ2n) is 2.04. The van der Waals surface area contributed by atoms with Gasteiger partial charge in [-0.05, 0) is 32.9 Å². The van der Waals surface area contributed by atoms with Crippen LogP contribution in [0, 0.1) is 0 Å². The highest BCUT2D eigenvalue weighted by atomic mass is 79.9. The van der Waals surface area contributed by atoms with Crippen LogP contribution in [0.4, 0.5) is 8.78 Å². The van der Waals surface area contributed by atoms with Crippen LogP contribution in [-0.4, -0.2) is 6.43 Å². The molecule has 0 fully saturated rings. The number of hydrogen-bond acceptors (Lipinski definition) is 2. The molecule has 0 aliphatic rings. The number of hydrogen-bond donors (Lipinski definition) is 1. The maximum absolute atomic E-state index is 12.0. The van der Waals surface area contributed by atoms with Crippen molar-refractivity contribution in [2.45, 2.75) is 12.5 Å². The molecule has 2 N–H and O–H groups in total. The van der Waals surface area contributed by atoms with Crippen molar-refractivity contribution in [3.05, 3.63) is 20.8 Å². The van der Waals surface area contributed by atoms with Gasteiger partial charge >= 0.3 is 0 Å². The van der Waals surface area contributed by atoms with E-state index in [2.05, 4.69) is 15.9 Å². The highest BCUT2D eigenvalue weighted by molar-refractivity contribution is 9.11. The molecule has 1 atom stereocenters. The number of alkyl halides is 2. The van der Waals surface area contributed by atoms with Crippen LogP contribution in [0.1, 0.15) is 11.6 Å². The quantitative estimate of drug-likeness (QED) is 0.847. The van der Waals surface area contributed by atoms with Crippen LogP contribution in [0.2, 0.25) is 0 Å². The molecule has 1 unspecified atom stereocenters. The fourth-order valence-electron chi connectivity index (χ4n) is 0.644. The van der Waals surface area contributed by atoms with Crippen molar-refractivity contribution < 1.29 is 8.78 Å². The third kappa shape index (κ3) is 2.21. The summed E-state index contributed by atoms with van der Waals surface area (Å²) in [6, 6.07) is 0.458. The minimum atomic E-state index is -2.49. The molecule has 62 valence electrons. The van der Waals surface area contributed by atoms with Gasteiger partial charge in [0.2, 0.25) is 0 Å². The Kier molecular flexibility index (Phi) is 2.98. The molecule has 0 aliphatic carbocycles. The van der Waals surface area contributed by atoms with Crippen LogP contribution in [0.5, 0.6) is 0 Å². The molecule has 0 aliphatic heterocycles. The molecule has 1 rings (SSSR count). The van der Waals surface area contributed by atoms with Crippen LogP contribution < -0.4 is 5.73 Å². The standard InChI is InChI=1S/C6H6BrF2NS/c7-4-1-3(2-11-4)5(10)6(8)9/h1-2,5-6H,10H2. The van der Waals surface area contributed by atoms with Crippen molar-refractivity contribution >= 4 is 27.3 Å². The predicted octanol–water partition coefficient (Wildman–Crippen LogP) is 2.78. The van der Waals surface area contributed by atoms with Gasteiger partial charge in [0.25, 0.3) is 6.43 Å². The Balaban J connectivity index is 2.76. The fraction of sp³-hybridized carbons (Fsp3) is 0.333. The Labute approximate surface area is 75.3 Å². The molecule has 0 amide bonds. The van der Waals surface area contributed by atoms with E-state index in [4.69, 9.17) is 5.73 Å². The number of thiophene rings is 1. The molecule has 1 heterocycles. The van der Waals surface area contributed by atoms with E-state index in [0.29, 0.717) is 5.56 Å². The Bertz CT molecular complexity index is 238. The monoisotopic (exact) mass is 241 g/mol. The SMILES string of the molecule is NC(c1csc(Br)c1)C(F)F. The minimum Gasteiger partial charge on any atom is -0.319 e. The van der Waals surface area contributed by atoms with Crippen molar-refractivity contribution in [3.63, 3.8) is 0 Å². The molecule has 1 aromatic rings. The third-order valence-corrected chi connectivity index (χ3v) is 2.77. The lowest BCUT2D eigenvalue weighted by Gasteiger charge is -2.06. The average molecular weight is 242 g/mol. The lowest BCUT2D eigenvalue weighted by atomic mass is 10.2. The van der Waals surface area contributed by atoms with Gasteiger partial charge in [-0.2, -0.15) is 0 Å². The van der Waals surface area contributed by atoms with Gasteiger partial charge in [-0.25, -0.2) is 8.78 Å². The van der Waals surface area contributed by atoms with Gasteiger partial charge in [0, 0.05) is 0 Å². The van der Waals surface area contributed by atoms with E-state index < -0.39 is 12.5 Å². The van der Waals surface area contributed by atoms with Gasteiger partial charge in [-0.1, -0.05) is 0 Å². The van der Waals surface area contributed by atoms with Gasteiger partial charge in [0.15, 0.2) is 0 Å². The Morgan fingerprint density at radius 1 is 1.55 bits per heavy atom. The van der Waals surface area contributed by atoms with Crippen molar-refractivity contribution in [1.29, 1.82) is 0 Å². The van der Waals surface area contributed by atoms with Gasteiger partial charge in [0.1, 0.15) is 0 Å². The third-order valence-electron chi connectivity index (χ3n) is 1.24. The second kappa shape index (κ2) is 3.60. The molecule has 0 aromatic carbocycles. The van der Waals surface area contributed by atoms with E-state index in [1.54, 1.807) is 11.4 Å². The van der Waals surface area contributed by atoms with Crippen LogP contribution in [-0.2, 0) is 0 Å². The summed E-state index contributed by atoms with van der Waals surface area (Å²) in [6.45, 7) is 0. The Hall–Kier alpha value is -0.000000000000000111. The zero-order chi connectivity index (χ0) is 8.43. The summed E-state index contributed by atoms with van der Waals surface area (Å²) in [7, 11) is 0. The molecule has 0 spiro atoms. The van der Waals surface area contributed by atoms with Crippen LogP contribution >= 0.6 is 27.3 Å². The summed E-state index contributed by atoms with van der Waals surface area (Å²) in [6.07, 6.45) is -2.49. The molecule has 1 aromatic heterocycles. The molecular weight excluding hydrogens is 236 g/mol. The minimum absolute atomic E-state index is 0.483. The van der Waals surface area contributed by atoms with Crippen molar-refractivity contribution in [2.75, 3.05) is 0 Å². The highest BCUT2D eigenvalue weighted by Crippen LogP contribution is 2.26. The summed E-state index contributed by atoms with van der Waals surface area (Å²) in [5.74, 6) is 0. The topological polar surface area (TPSA) is 26.0 Å². The molecule has 0 radical (unpaired) electrons. The summed E-state index contributed by atoms with van der Waals surface area (Å²) in [5.41, 5.74) is 5.67.